The predicted octanol–water partition coefficient (Wildman–Crippen LogP) is 4.26. The van der Waals surface area contributed by atoms with Crippen LogP contribution in [-0.2, 0) is 13.1 Å². The summed E-state index contributed by atoms with van der Waals surface area (Å²) in [6.07, 6.45) is 0. The van der Waals surface area contributed by atoms with Crippen LogP contribution in [0.5, 0.6) is 0 Å². The van der Waals surface area contributed by atoms with Gasteiger partial charge in [-0.2, -0.15) is 0 Å². The maximum atomic E-state index is 13.7. The SMILES string of the molecule is CN(C)Cc1ccc(NCc2ccc(Br)cc2F)cc1. The number of hydrogen-bond donors (Lipinski definition) is 1. The minimum atomic E-state index is -0.198. The van der Waals surface area contributed by atoms with Crippen molar-refractivity contribution in [2.75, 3.05) is 19.4 Å². The molecule has 0 atom stereocenters. The Labute approximate surface area is 127 Å². The van der Waals surface area contributed by atoms with Gasteiger partial charge in [-0.05, 0) is 43.9 Å². The average molecular weight is 337 g/mol. The second-order valence-electron chi connectivity index (χ2n) is 5.02. The second kappa shape index (κ2) is 6.86. The summed E-state index contributed by atoms with van der Waals surface area (Å²) in [7, 11) is 4.09. The lowest BCUT2D eigenvalue weighted by Crippen LogP contribution is -2.10. The maximum Gasteiger partial charge on any atom is 0.129 e. The Morgan fingerprint density at radius 3 is 2.40 bits per heavy atom. The lowest BCUT2D eigenvalue weighted by Gasteiger charge is -2.11. The molecule has 106 valence electrons. The van der Waals surface area contributed by atoms with E-state index in [0.717, 1.165) is 16.7 Å². The van der Waals surface area contributed by atoms with Gasteiger partial charge in [0.15, 0.2) is 0 Å². The molecule has 0 spiro atoms. The van der Waals surface area contributed by atoms with Crippen molar-refractivity contribution < 1.29 is 4.39 Å². The van der Waals surface area contributed by atoms with Gasteiger partial charge in [0, 0.05) is 28.8 Å². The van der Waals surface area contributed by atoms with E-state index >= 15 is 0 Å². The van der Waals surface area contributed by atoms with Crippen molar-refractivity contribution in [3.8, 4) is 0 Å². The first-order valence-electron chi connectivity index (χ1n) is 6.46. The number of hydrogen-bond acceptors (Lipinski definition) is 2. The van der Waals surface area contributed by atoms with Gasteiger partial charge in [-0.15, -0.1) is 0 Å². The van der Waals surface area contributed by atoms with Gasteiger partial charge in [-0.3, -0.25) is 0 Å². The highest BCUT2D eigenvalue weighted by molar-refractivity contribution is 9.10. The van der Waals surface area contributed by atoms with Crippen molar-refractivity contribution in [3.63, 3.8) is 0 Å². The van der Waals surface area contributed by atoms with Crippen molar-refractivity contribution >= 4 is 21.6 Å². The van der Waals surface area contributed by atoms with E-state index in [-0.39, 0.29) is 5.82 Å². The monoisotopic (exact) mass is 336 g/mol. The summed E-state index contributed by atoms with van der Waals surface area (Å²) in [4.78, 5) is 2.12. The molecule has 4 heteroatoms. The van der Waals surface area contributed by atoms with Crippen LogP contribution >= 0.6 is 15.9 Å². The van der Waals surface area contributed by atoms with Crippen LogP contribution in [0.2, 0.25) is 0 Å². The smallest absolute Gasteiger partial charge is 0.129 e. The molecule has 2 rings (SSSR count). The fourth-order valence-corrected chi connectivity index (χ4v) is 2.29. The quantitative estimate of drug-likeness (QED) is 0.877. The lowest BCUT2D eigenvalue weighted by molar-refractivity contribution is 0.402. The van der Waals surface area contributed by atoms with E-state index in [9.17, 15) is 4.39 Å². The van der Waals surface area contributed by atoms with Crippen molar-refractivity contribution in [1.29, 1.82) is 0 Å². The molecule has 0 saturated carbocycles. The van der Waals surface area contributed by atoms with Gasteiger partial charge in [0.1, 0.15) is 5.82 Å². The molecule has 20 heavy (non-hydrogen) atoms. The molecule has 0 aliphatic rings. The van der Waals surface area contributed by atoms with Crippen molar-refractivity contribution in [1.82, 2.24) is 4.90 Å². The highest BCUT2D eigenvalue weighted by Gasteiger charge is 2.03. The molecular weight excluding hydrogens is 319 g/mol. The highest BCUT2D eigenvalue weighted by Crippen LogP contribution is 2.17. The van der Waals surface area contributed by atoms with Crippen LogP contribution in [0.1, 0.15) is 11.1 Å². The summed E-state index contributed by atoms with van der Waals surface area (Å²) in [6, 6.07) is 13.3. The Bertz CT molecular complexity index is 567. The Morgan fingerprint density at radius 2 is 1.80 bits per heavy atom. The number of benzene rings is 2. The maximum absolute atomic E-state index is 13.7. The number of nitrogens with zero attached hydrogens (tertiary/aromatic N) is 1. The third-order valence-electron chi connectivity index (χ3n) is 2.95. The van der Waals surface area contributed by atoms with Crippen molar-refractivity contribution in [3.05, 3.63) is 63.9 Å². The number of halogens is 2. The zero-order chi connectivity index (χ0) is 14.5. The topological polar surface area (TPSA) is 15.3 Å². The first-order valence-corrected chi connectivity index (χ1v) is 7.25. The van der Waals surface area contributed by atoms with Crippen LogP contribution in [0.15, 0.2) is 46.9 Å². The molecule has 0 aliphatic carbocycles. The zero-order valence-corrected chi connectivity index (χ0v) is 13.2. The molecule has 0 amide bonds. The standard InChI is InChI=1S/C16H18BrFN2/c1-20(2)11-12-3-7-15(8-4-12)19-10-13-5-6-14(17)9-16(13)18/h3-9,19H,10-11H2,1-2H3. The summed E-state index contributed by atoms with van der Waals surface area (Å²) in [5.41, 5.74) is 2.91. The molecule has 2 aromatic rings. The van der Waals surface area contributed by atoms with Crippen molar-refractivity contribution in [2.45, 2.75) is 13.1 Å². The summed E-state index contributed by atoms with van der Waals surface area (Å²) in [6.45, 7) is 1.40. The molecule has 0 aromatic heterocycles. The van der Waals surface area contributed by atoms with E-state index in [1.165, 1.54) is 11.6 Å². The van der Waals surface area contributed by atoms with E-state index in [1.54, 1.807) is 6.07 Å². The van der Waals surface area contributed by atoms with E-state index < -0.39 is 0 Å². The first kappa shape index (κ1) is 15.0. The molecule has 2 aromatic carbocycles. The van der Waals surface area contributed by atoms with E-state index in [4.69, 9.17) is 0 Å². The zero-order valence-electron chi connectivity index (χ0n) is 11.7. The number of rotatable bonds is 5. The van der Waals surface area contributed by atoms with Crippen molar-refractivity contribution in [2.24, 2.45) is 0 Å². The first-order chi connectivity index (χ1) is 9.54. The van der Waals surface area contributed by atoms with Crippen LogP contribution in [0, 0.1) is 5.82 Å². The molecule has 0 unspecified atom stereocenters. The lowest BCUT2D eigenvalue weighted by atomic mass is 10.2. The molecule has 0 fully saturated rings. The average Bonchev–Trinajstić information content (AvgIpc) is 2.39. The molecule has 1 N–H and O–H groups in total. The van der Waals surface area contributed by atoms with Crippen LogP contribution in [0.3, 0.4) is 0 Å². The minimum Gasteiger partial charge on any atom is -0.381 e. The summed E-state index contributed by atoms with van der Waals surface area (Å²) in [5, 5.41) is 3.23. The van der Waals surface area contributed by atoms with Gasteiger partial charge >= 0.3 is 0 Å². The van der Waals surface area contributed by atoms with E-state index in [2.05, 4.69) is 38.3 Å². The van der Waals surface area contributed by atoms with Crippen LogP contribution in [-0.4, -0.2) is 19.0 Å². The molecule has 0 aliphatic heterocycles. The third-order valence-corrected chi connectivity index (χ3v) is 3.44. The van der Waals surface area contributed by atoms with Gasteiger partial charge in [0.05, 0.1) is 0 Å². The fourth-order valence-electron chi connectivity index (χ4n) is 1.96. The Hall–Kier alpha value is -1.39. The highest BCUT2D eigenvalue weighted by atomic mass is 79.9. The van der Waals surface area contributed by atoms with Gasteiger partial charge in [0.25, 0.3) is 0 Å². The Balaban J connectivity index is 1.96. The van der Waals surface area contributed by atoms with Gasteiger partial charge in [-0.1, -0.05) is 34.1 Å². The van der Waals surface area contributed by atoms with Crippen LogP contribution in [0.25, 0.3) is 0 Å². The summed E-state index contributed by atoms with van der Waals surface area (Å²) < 4.78 is 14.4. The fraction of sp³-hybridized carbons (Fsp3) is 0.250. The number of anilines is 1. The molecule has 0 radical (unpaired) electrons. The van der Waals surface area contributed by atoms with Crippen LogP contribution in [0.4, 0.5) is 10.1 Å². The Morgan fingerprint density at radius 1 is 1.10 bits per heavy atom. The van der Waals surface area contributed by atoms with Gasteiger partial charge in [-0.25, -0.2) is 4.39 Å². The van der Waals surface area contributed by atoms with Crippen LogP contribution < -0.4 is 5.32 Å². The predicted molar refractivity (Wildman–Crippen MR) is 85.3 cm³/mol. The molecule has 2 nitrogen and oxygen atoms in total. The molecule has 0 bridgehead atoms. The molecule has 0 saturated heterocycles. The Kier molecular flexibility index (Phi) is 5.15. The largest absolute Gasteiger partial charge is 0.381 e. The summed E-state index contributed by atoms with van der Waals surface area (Å²) in [5.74, 6) is -0.198. The normalized spacial score (nSPS) is 10.8. The number of nitrogens with one attached hydrogen (secondary N) is 1. The second-order valence-corrected chi connectivity index (χ2v) is 5.94. The minimum absolute atomic E-state index is 0.198. The van der Waals surface area contributed by atoms with Gasteiger partial charge < -0.3 is 10.2 Å². The van der Waals surface area contributed by atoms with E-state index in [1.807, 2.05) is 32.3 Å². The van der Waals surface area contributed by atoms with Gasteiger partial charge in [0.2, 0.25) is 0 Å². The van der Waals surface area contributed by atoms with E-state index in [0.29, 0.717) is 12.1 Å². The summed E-state index contributed by atoms with van der Waals surface area (Å²) >= 11 is 3.26. The molecular formula is C16H18BrFN2. The third kappa shape index (κ3) is 4.32. The molecule has 0 heterocycles.